The highest BCUT2D eigenvalue weighted by Gasteiger charge is 2.30. The minimum absolute atomic E-state index is 0.315. The third-order valence-electron chi connectivity index (χ3n) is 4.73. The summed E-state index contributed by atoms with van der Waals surface area (Å²) in [7, 11) is 6.22. The molecule has 1 unspecified atom stereocenters. The fourth-order valence-electron chi connectivity index (χ4n) is 3.37. The quantitative estimate of drug-likeness (QED) is 0.876. The smallest absolute Gasteiger partial charge is 0.0834 e. The molecule has 0 aromatic carbocycles. The molecule has 120 valence electrons. The molecule has 1 saturated carbocycles. The SMILES string of the molecule is CNC(c1c(Cl)cnn1CCN(C)C)C1CCC(C)CC1. The lowest BCUT2D eigenvalue weighted by atomic mass is 9.78. The number of likely N-dealkylation sites (N-methyl/N-ethyl adjacent to an activating group) is 1. The van der Waals surface area contributed by atoms with Gasteiger partial charge in [0.25, 0.3) is 0 Å². The molecule has 0 aliphatic heterocycles. The van der Waals surface area contributed by atoms with Gasteiger partial charge in [0.05, 0.1) is 29.5 Å². The van der Waals surface area contributed by atoms with Crippen molar-refractivity contribution in [3.8, 4) is 0 Å². The predicted molar refractivity (Wildman–Crippen MR) is 88.7 cm³/mol. The van der Waals surface area contributed by atoms with E-state index in [1.54, 1.807) is 6.20 Å². The lowest BCUT2D eigenvalue weighted by Crippen LogP contribution is -2.31. The van der Waals surface area contributed by atoms with Crippen LogP contribution in [-0.4, -0.2) is 42.4 Å². The second kappa shape index (κ2) is 7.61. The summed E-state index contributed by atoms with van der Waals surface area (Å²) in [6.07, 6.45) is 7.00. The first-order chi connectivity index (χ1) is 10.0. The average molecular weight is 313 g/mol. The highest BCUT2D eigenvalue weighted by molar-refractivity contribution is 6.31. The van der Waals surface area contributed by atoms with Crippen molar-refractivity contribution < 1.29 is 0 Å². The number of hydrogen-bond donors (Lipinski definition) is 1. The van der Waals surface area contributed by atoms with Gasteiger partial charge in [-0.25, -0.2) is 0 Å². The van der Waals surface area contributed by atoms with Crippen LogP contribution in [0.15, 0.2) is 6.20 Å². The summed E-state index contributed by atoms with van der Waals surface area (Å²) >= 11 is 6.44. The fourth-order valence-corrected chi connectivity index (χ4v) is 3.63. The summed E-state index contributed by atoms with van der Waals surface area (Å²) in [5.74, 6) is 1.53. The topological polar surface area (TPSA) is 33.1 Å². The van der Waals surface area contributed by atoms with Crippen LogP contribution in [0.3, 0.4) is 0 Å². The van der Waals surface area contributed by atoms with E-state index >= 15 is 0 Å². The van der Waals surface area contributed by atoms with Crippen LogP contribution in [0.25, 0.3) is 0 Å². The molecule has 0 spiro atoms. The first kappa shape index (κ1) is 16.8. The van der Waals surface area contributed by atoms with Crippen LogP contribution < -0.4 is 5.32 Å². The van der Waals surface area contributed by atoms with Crippen molar-refractivity contribution in [2.24, 2.45) is 11.8 Å². The molecule has 2 rings (SSSR count). The number of aromatic nitrogens is 2. The van der Waals surface area contributed by atoms with Gasteiger partial charge < -0.3 is 10.2 Å². The van der Waals surface area contributed by atoms with E-state index < -0.39 is 0 Å². The van der Waals surface area contributed by atoms with E-state index in [9.17, 15) is 0 Å². The molecular formula is C16H29ClN4. The Bertz CT molecular complexity index is 435. The monoisotopic (exact) mass is 312 g/mol. The summed E-state index contributed by atoms with van der Waals surface area (Å²) < 4.78 is 2.08. The van der Waals surface area contributed by atoms with Crippen LogP contribution in [0.4, 0.5) is 0 Å². The normalized spacial score (nSPS) is 24.5. The molecule has 0 bridgehead atoms. The van der Waals surface area contributed by atoms with Crippen molar-refractivity contribution in [3.63, 3.8) is 0 Å². The van der Waals surface area contributed by atoms with E-state index in [2.05, 4.69) is 41.0 Å². The Kier molecular flexibility index (Phi) is 6.08. The highest BCUT2D eigenvalue weighted by Crippen LogP contribution is 2.38. The minimum atomic E-state index is 0.315. The number of nitrogens with one attached hydrogen (secondary N) is 1. The summed E-state index contributed by atoms with van der Waals surface area (Å²) in [5, 5.41) is 8.78. The van der Waals surface area contributed by atoms with E-state index in [1.165, 1.54) is 31.4 Å². The van der Waals surface area contributed by atoms with Gasteiger partial charge in [0.2, 0.25) is 0 Å². The van der Waals surface area contributed by atoms with Crippen LogP contribution in [0, 0.1) is 11.8 Å². The Morgan fingerprint density at radius 1 is 1.38 bits per heavy atom. The van der Waals surface area contributed by atoms with Gasteiger partial charge in [-0.1, -0.05) is 31.4 Å². The summed E-state index contributed by atoms with van der Waals surface area (Å²) in [5.41, 5.74) is 1.17. The van der Waals surface area contributed by atoms with Crippen molar-refractivity contribution in [1.29, 1.82) is 0 Å². The molecule has 0 saturated heterocycles. The molecule has 1 aromatic rings. The highest BCUT2D eigenvalue weighted by atomic mass is 35.5. The first-order valence-corrected chi connectivity index (χ1v) is 8.44. The molecule has 1 N–H and O–H groups in total. The van der Waals surface area contributed by atoms with Gasteiger partial charge in [-0.05, 0) is 45.8 Å². The van der Waals surface area contributed by atoms with E-state index in [1.807, 2.05) is 7.05 Å². The molecule has 1 aromatic heterocycles. The zero-order chi connectivity index (χ0) is 15.4. The van der Waals surface area contributed by atoms with E-state index in [4.69, 9.17) is 11.6 Å². The third-order valence-corrected chi connectivity index (χ3v) is 5.02. The second-order valence-corrected chi connectivity index (χ2v) is 7.10. The van der Waals surface area contributed by atoms with Gasteiger partial charge in [0.1, 0.15) is 0 Å². The largest absolute Gasteiger partial charge is 0.311 e. The molecule has 4 nitrogen and oxygen atoms in total. The summed E-state index contributed by atoms with van der Waals surface area (Å²) in [4.78, 5) is 2.18. The van der Waals surface area contributed by atoms with Crippen molar-refractivity contribution in [3.05, 3.63) is 16.9 Å². The van der Waals surface area contributed by atoms with Gasteiger partial charge in [0.15, 0.2) is 0 Å². The standard InChI is InChI=1S/C16H29ClN4/c1-12-5-7-13(8-6-12)15(18-2)16-14(17)11-19-21(16)10-9-20(3)4/h11-13,15,18H,5-10H2,1-4H3. The fraction of sp³-hybridized carbons (Fsp3) is 0.812. The zero-order valence-corrected chi connectivity index (χ0v) is 14.5. The van der Waals surface area contributed by atoms with Gasteiger partial charge >= 0.3 is 0 Å². The van der Waals surface area contributed by atoms with Crippen LogP contribution in [-0.2, 0) is 6.54 Å². The van der Waals surface area contributed by atoms with Crippen molar-refractivity contribution in [2.45, 2.75) is 45.2 Å². The molecule has 1 aliphatic carbocycles. The first-order valence-electron chi connectivity index (χ1n) is 8.06. The van der Waals surface area contributed by atoms with Crippen molar-refractivity contribution in [2.75, 3.05) is 27.7 Å². The Hall–Kier alpha value is -0.580. The Morgan fingerprint density at radius 3 is 2.62 bits per heavy atom. The van der Waals surface area contributed by atoms with Crippen LogP contribution in [0.2, 0.25) is 5.02 Å². The van der Waals surface area contributed by atoms with E-state index in [0.29, 0.717) is 12.0 Å². The molecule has 0 radical (unpaired) electrons. The number of halogens is 1. The Balaban J connectivity index is 2.15. The van der Waals surface area contributed by atoms with E-state index in [-0.39, 0.29) is 0 Å². The molecule has 1 aliphatic rings. The van der Waals surface area contributed by atoms with Gasteiger partial charge in [-0.2, -0.15) is 5.10 Å². The van der Waals surface area contributed by atoms with Gasteiger partial charge in [-0.3, -0.25) is 4.68 Å². The van der Waals surface area contributed by atoms with E-state index in [0.717, 1.165) is 24.0 Å². The predicted octanol–water partition coefficient (Wildman–Crippen LogP) is 3.18. The number of rotatable bonds is 6. The maximum absolute atomic E-state index is 6.44. The molecule has 1 atom stereocenters. The molecule has 21 heavy (non-hydrogen) atoms. The molecule has 1 fully saturated rings. The van der Waals surface area contributed by atoms with Crippen molar-refractivity contribution >= 4 is 11.6 Å². The maximum Gasteiger partial charge on any atom is 0.0834 e. The van der Waals surface area contributed by atoms with Gasteiger partial charge in [-0.15, -0.1) is 0 Å². The Labute approximate surface area is 133 Å². The average Bonchev–Trinajstić information content (AvgIpc) is 2.81. The number of nitrogens with zero attached hydrogens (tertiary/aromatic N) is 3. The molecular weight excluding hydrogens is 284 g/mol. The molecule has 1 heterocycles. The number of hydrogen-bond acceptors (Lipinski definition) is 3. The van der Waals surface area contributed by atoms with Gasteiger partial charge in [0, 0.05) is 6.54 Å². The maximum atomic E-state index is 6.44. The summed E-state index contributed by atoms with van der Waals surface area (Å²) in [6.45, 7) is 4.22. The van der Waals surface area contributed by atoms with Crippen LogP contribution in [0.1, 0.15) is 44.3 Å². The third kappa shape index (κ3) is 4.21. The Morgan fingerprint density at radius 2 is 2.05 bits per heavy atom. The lowest BCUT2D eigenvalue weighted by molar-refractivity contribution is 0.229. The minimum Gasteiger partial charge on any atom is -0.311 e. The van der Waals surface area contributed by atoms with Crippen LogP contribution >= 0.6 is 11.6 Å². The lowest BCUT2D eigenvalue weighted by Gasteiger charge is -2.33. The van der Waals surface area contributed by atoms with Crippen LogP contribution in [0.5, 0.6) is 0 Å². The second-order valence-electron chi connectivity index (χ2n) is 6.69. The van der Waals surface area contributed by atoms with Crippen molar-refractivity contribution in [1.82, 2.24) is 20.0 Å². The zero-order valence-electron chi connectivity index (χ0n) is 13.8. The summed E-state index contributed by atoms with van der Waals surface area (Å²) in [6, 6.07) is 0.315. The molecule has 5 heteroatoms. The molecule has 0 amide bonds.